The molecule has 0 saturated carbocycles. The third kappa shape index (κ3) is 4.51. The molecule has 0 radical (unpaired) electrons. The zero-order valence-electron chi connectivity index (χ0n) is 12.7. The van der Waals surface area contributed by atoms with E-state index in [4.69, 9.17) is 5.73 Å². The molecule has 0 aliphatic rings. The van der Waals surface area contributed by atoms with Crippen LogP contribution in [-0.2, 0) is 0 Å². The van der Waals surface area contributed by atoms with Gasteiger partial charge in [-0.1, -0.05) is 6.92 Å². The van der Waals surface area contributed by atoms with Gasteiger partial charge in [0.1, 0.15) is 11.6 Å². The first-order chi connectivity index (χ1) is 9.38. The molecule has 0 amide bonds. The van der Waals surface area contributed by atoms with Gasteiger partial charge in [0.25, 0.3) is 0 Å². The van der Waals surface area contributed by atoms with Crippen LogP contribution in [0.2, 0.25) is 0 Å². The van der Waals surface area contributed by atoms with Gasteiger partial charge in [0.2, 0.25) is 0 Å². The topological polar surface area (TPSA) is 32.5 Å². The highest BCUT2D eigenvalue weighted by Crippen LogP contribution is 2.23. The van der Waals surface area contributed by atoms with E-state index in [1.165, 1.54) is 12.1 Å². The molecule has 2 N–H and O–H groups in total. The maximum Gasteiger partial charge on any atom is 0.126 e. The molecule has 0 fully saturated rings. The maximum atomic E-state index is 13.4. The first-order valence-electron chi connectivity index (χ1n) is 6.95. The van der Waals surface area contributed by atoms with Crippen LogP contribution >= 0.6 is 0 Å². The van der Waals surface area contributed by atoms with Crippen LogP contribution in [0.5, 0.6) is 0 Å². The normalized spacial score (nSPS) is 14.8. The summed E-state index contributed by atoms with van der Waals surface area (Å²) >= 11 is 0. The molecule has 1 aromatic rings. The number of likely N-dealkylation sites (N-methyl/N-ethyl adjacent to an activating group) is 2. The van der Waals surface area contributed by atoms with Crippen molar-refractivity contribution in [2.45, 2.75) is 25.9 Å². The van der Waals surface area contributed by atoms with Crippen molar-refractivity contribution >= 4 is 0 Å². The Bertz CT molecular complexity index is 403. The molecule has 20 heavy (non-hydrogen) atoms. The fourth-order valence-electron chi connectivity index (χ4n) is 2.70. The smallest absolute Gasteiger partial charge is 0.126 e. The lowest BCUT2D eigenvalue weighted by molar-refractivity contribution is 0.130. The van der Waals surface area contributed by atoms with E-state index in [0.717, 1.165) is 19.2 Å². The minimum atomic E-state index is -0.560. The Morgan fingerprint density at radius 1 is 1.15 bits per heavy atom. The second-order valence-corrected chi connectivity index (χ2v) is 5.40. The van der Waals surface area contributed by atoms with Crippen LogP contribution in [0.1, 0.15) is 25.5 Å². The molecule has 0 aliphatic carbocycles. The summed E-state index contributed by atoms with van der Waals surface area (Å²) in [6.45, 7) is 6.10. The number of nitrogens with two attached hydrogens (primary N) is 1. The van der Waals surface area contributed by atoms with E-state index in [1.807, 2.05) is 21.0 Å². The number of benzene rings is 1. The van der Waals surface area contributed by atoms with Crippen LogP contribution in [0.3, 0.4) is 0 Å². The Balaban J connectivity index is 3.01. The fraction of sp³-hybridized carbons (Fsp3) is 0.600. The highest BCUT2D eigenvalue weighted by atomic mass is 19.1. The SMILES string of the molecule is CCN(C(C)CN(C)C)C(CN)c1cc(F)cc(F)c1. The predicted molar refractivity (Wildman–Crippen MR) is 78.5 cm³/mol. The Morgan fingerprint density at radius 2 is 1.70 bits per heavy atom. The first-order valence-corrected chi connectivity index (χ1v) is 6.95. The van der Waals surface area contributed by atoms with Crippen molar-refractivity contribution in [2.24, 2.45) is 5.73 Å². The molecule has 1 aromatic carbocycles. The summed E-state index contributed by atoms with van der Waals surface area (Å²) in [4.78, 5) is 4.27. The van der Waals surface area contributed by atoms with Gasteiger partial charge in [-0.2, -0.15) is 0 Å². The number of nitrogens with zero attached hydrogens (tertiary/aromatic N) is 2. The van der Waals surface area contributed by atoms with Gasteiger partial charge in [-0.15, -0.1) is 0 Å². The number of hydrogen-bond donors (Lipinski definition) is 1. The molecule has 0 bridgehead atoms. The summed E-state index contributed by atoms with van der Waals surface area (Å²) in [6, 6.07) is 3.68. The van der Waals surface area contributed by atoms with Crippen LogP contribution in [0.15, 0.2) is 18.2 Å². The van der Waals surface area contributed by atoms with Gasteiger partial charge in [0.15, 0.2) is 0 Å². The molecule has 114 valence electrons. The van der Waals surface area contributed by atoms with Crippen molar-refractivity contribution < 1.29 is 8.78 Å². The average Bonchev–Trinajstić information content (AvgIpc) is 2.33. The highest BCUT2D eigenvalue weighted by Gasteiger charge is 2.23. The Morgan fingerprint density at radius 3 is 2.10 bits per heavy atom. The van der Waals surface area contributed by atoms with Gasteiger partial charge >= 0.3 is 0 Å². The van der Waals surface area contributed by atoms with Crippen molar-refractivity contribution in [1.29, 1.82) is 0 Å². The molecule has 2 unspecified atom stereocenters. The second kappa shape index (κ2) is 7.67. The van der Waals surface area contributed by atoms with Crippen molar-refractivity contribution in [3.05, 3.63) is 35.4 Å². The van der Waals surface area contributed by atoms with Gasteiger partial charge in [0.05, 0.1) is 0 Å². The van der Waals surface area contributed by atoms with Crippen LogP contribution in [-0.4, -0.2) is 49.6 Å². The summed E-state index contributed by atoms with van der Waals surface area (Å²) in [7, 11) is 4.01. The monoisotopic (exact) mass is 285 g/mol. The average molecular weight is 285 g/mol. The van der Waals surface area contributed by atoms with Gasteiger partial charge < -0.3 is 10.6 Å². The van der Waals surface area contributed by atoms with Gasteiger partial charge in [-0.3, -0.25) is 4.90 Å². The molecule has 0 spiro atoms. The van der Waals surface area contributed by atoms with Crippen LogP contribution < -0.4 is 5.73 Å². The Labute approximate surface area is 120 Å². The van der Waals surface area contributed by atoms with Gasteiger partial charge in [-0.25, -0.2) is 8.78 Å². The molecule has 0 aromatic heterocycles. The van der Waals surface area contributed by atoms with Crippen LogP contribution in [0, 0.1) is 11.6 Å². The molecular weight excluding hydrogens is 260 g/mol. The van der Waals surface area contributed by atoms with E-state index in [9.17, 15) is 8.78 Å². The standard InChI is InChI=1S/C15H25F2N3/c1-5-20(11(2)10-19(3)4)15(9-18)12-6-13(16)8-14(17)7-12/h6-8,11,15H,5,9-10,18H2,1-4H3. The van der Waals surface area contributed by atoms with Crippen molar-refractivity contribution in [2.75, 3.05) is 33.7 Å². The summed E-state index contributed by atoms with van der Waals surface area (Å²) in [5.41, 5.74) is 6.44. The largest absolute Gasteiger partial charge is 0.329 e. The zero-order valence-corrected chi connectivity index (χ0v) is 12.7. The third-order valence-corrected chi connectivity index (χ3v) is 3.45. The summed E-state index contributed by atoms with van der Waals surface area (Å²) < 4.78 is 26.8. The van der Waals surface area contributed by atoms with Gasteiger partial charge in [0, 0.05) is 31.2 Å². The van der Waals surface area contributed by atoms with Crippen molar-refractivity contribution in [1.82, 2.24) is 9.80 Å². The highest BCUT2D eigenvalue weighted by molar-refractivity contribution is 5.22. The molecular formula is C15H25F2N3. The molecule has 1 rings (SSSR count). The lowest BCUT2D eigenvalue weighted by atomic mass is 10.0. The minimum absolute atomic E-state index is 0.180. The van der Waals surface area contributed by atoms with Gasteiger partial charge in [-0.05, 0) is 45.3 Å². The summed E-state index contributed by atoms with van der Waals surface area (Å²) in [5.74, 6) is -1.12. The third-order valence-electron chi connectivity index (χ3n) is 3.45. The molecule has 3 nitrogen and oxygen atoms in total. The fourth-order valence-corrected chi connectivity index (χ4v) is 2.70. The lowest BCUT2D eigenvalue weighted by Crippen LogP contribution is -2.44. The van der Waals surface area contributed by atoms with Crippen LogP contribution in [0.4, 0.5) is 8.78 Å². The molecule has 0 saturated heterocycles. The van der Waals surface area contributed by atoms with E-state index in [2.05, 4.69) is 16.7 Å². The van der Waals surface area contributed by atoms with Crippen molar-refractivity contribution in [3.63, 3.8) is 0 Å². The van der Waals surface area contributed by atoms with Crippen LogP contribution in [0.25, 0.3) is 0 Å². The summed E-state index contributed by atoms with van der Waals surface area (Å²) in [6.07, 6.45) is 0. The first kappa shape index (κ1) is 17.0. The molecule has 2 atom stereocenters. The lowest BCUT2D eigenvalue weighted by Gasteiger charge is -2.36. The molecule has 5 heteroatoms. The number of halogens is 2. The van der Waals surface area contributed by atoms with E-state index in [0.29, 0.717) is 12.1 Å². The molecule has 0 heterocycles. The maximum absolute atomic E-state index is 13.4. The van der Waals surface area contributed by atoms with E-state index in [-0.39, 0.29) is 12.1 Å². The van der Waals surface area contributed by atoms with E-state index >= 15 is 0 Å². The van der Waals surface area contributed by atoms with Crippen molar-refractivity contribution in [3.8, 4) is 0 Å². The summed E-state index contributed by atoms with van der Waals surface area (Å²) in [5, 5.41) is 0. The minimum Gasteiger partial charge on any atom is -0.329 e. The molecule has 0 aliphatic heterocycles. The second-order valence-electron chi connectivity index (χ2n) is 5.40. The van der Waals surface area contributed by atoms with E-state index < -0.39 is 11.6 Å². The Hall–Kier alpha value is -1.04. The zero-order chi connectivity index (χ0) is 15.3. The predicted octanol–water partition coefficient (Wildman–Crippen LogP) is 2.24. The quantitative estimate of drug-likeness (QED) is 0.834. The number of rotatable bonds is 7. The Kier molecular flexibility index (Phi) is 6.52. The number of hydrogen-bond acceptors (Lipinski definition) is 3. The van der Waals surface area contributed by atoms with E-state index in [1.54, 1.807) is 0 Å².